The lowest BCUT2D eigenvalue weighted by molar-refractivity contribution is 0.102. The Morgan fingerprint density at radius 1 is 1.00 bits per heavy atom. The van der Waals surface area contributed by atoms with Crippen molar-refractivity contribution in [2.75, 3.05) is 10.6 Å². The second kappa shape index (κ2) is 8.00. The molecule has 3 rings (SSSR count). The molecule has 132 valence electrons. The molecule has 1 heterocycles. The van der Waals surface area contributed by atoms with Crippen LogP contribution >= 0.6 is 0 Å². The fourth-order valence-electron chi connectivity index (χ4n) is 2.96. The van der Waals surface area contributed by atoms with E-state index in [1.807, 2.05) is 0 Å². The Kier molecular flexibility index (Phi) is 5.53. The molecule has 1 aromatic heterocycles. The zero-order chi connectivity index (χ0) is 17.6. The highest BCUT2D eigenvalue weighted by atomic mass is 19.2. The molecule has 0 unspecified atom stereocenters. The third-order valence-electron chi connectivity index (χ3n) is 4.28. The first-order chi connectivity index (χ1) is 12.1. The Hall–Kier alpha value is -2.57. The fraction of sp³-hybridized carbons (Fsp3) is 0.389. The van der Waals surface area contributed by atoms with E-state index < -0.39 is 17.5 Å². The maximum atomic E-state index is 13.2. The van der Waals surface area contributed by atoms with Gasteiger partial charge in [0.2, 0.25) is 0 Å². The van der Waals surface area contributed by atoms with E-state index in [2.05, 4.69) is 20.6 Å². The molecule has 25 heavy (non-hydrogen) atoms. The molecular weight excluding hydrogens is 326 g/mol. The highest BCUT2D eigenvalue weighted by Crippen LogP contribution is 2.20. The second-order valence-electron chi connectivity index (χ2n) is 6.20. The number of benzene rings is 1. The standard InChI is InChI=1S/C18H20F2N4O/c19-14-8-7-13(9-15(14)20)24-18(25)16-10-17(22-11-21-16)23-12-5-3-1-2-4-6-12/h7-12H,1-6H2,(H,24,25)(H,21,22,23). The van der Waals surface area contributed by atoms with Crippen LogP contribution in [0.3, 0.4) is 0 Å². The van der Waals surface area contributed by atoms with Crippen molar-refractivity contribution >= 4 is 17.4 Å². The van der Waals surface area contributed by atoms with Gasteiger partial charge in [0, 0.05) is 23.9 Å². The molecule has 0 bridgehead atoms. The monoisotopic (exact) mass is 346 g/mol. The van der Waals surface area contributed by atoms with Crippen molar-refractivity contribution in [3.63, 3.8) is 0 Å². The zero-order valence-electron chi connectivity index (χ0n) is 13.8. The Morgan fingerprint density at radius 3 is 2.48 bits per heavy atom. The molecule has 0 spiro atoms. The van der Waals surface area contributed by atoms with Gasteiger partial charge < -0.3 is 10.6 Å². The molecule has 0 aliphatic heterocycles. The van der Waals surface area contributed by atoms with E-state index in [9.17, 15) is 13.6 Å². The van der Waals surface area contributed by atoms with Gasteiger partial charge in [0.05, 0.1) is 0 Å². The number of aromatic nitrogens is 2. The second-order valence-corrected chi connectivity index (χ2v) is 6.20. The molecule has 0 atom stereocenters. The van der Waals surface area contributed by atoms with Crippen molar-refractivity contribution in [1.29, 1.82) is 0 Å². The van der Waals surface area contributed by atoms with Gasteiger partial charge >= 0.3 is 0 Å². The number of amides is 1. The van der Waals surface area contributed by atoms with Crippen LogP contribution in [-0.4, -0.2) is 21.9 Å². The summed E-state index contributed by atoms with van der Waals surface area (Å²) < 4.78 is 26.2. The lowest BCUT2D eigenvalue weighted by atomic mass is 10.1. The maximum absolute atomic E-state index is 13.2. The van der Waals surface area contributed by atoms with Crippen molar-refractivity contribution in [1.82, 2.24) is 9.97 Å². The van der Waals surface area contributed by atoms with Gasteiger partial charge in [0.25, 0.3) is 5.91 Å². The Morgan fingerprint density at radius 2 is 1.76 bits per heavy atom. The lowest BCUT2D eigenvalue weighted by Gasteiger charge is -2.17. The molecule has 2 aromatic rings. The highest BCUT2D eigenvalue weighted by Gasteiger charge is 2.15. The van der Waals surface area contributed by atoms with Crippen LogP contribution < -0.4 is 10.6 Å². The van der Waals surface area contributed by atoms with Gasteiger partial charge in [-0.3, -0.25) is 4.79 Å². The first kappa shape index (κ1) is 17.3. The molecule has 1 aromatic carbocycles. The van der Waals surface area contributed by atoms with Gasteiger partial charge in [0.15, 0.2) is 11.6 Å². The molecule has 1 aliphatic carbocycles. The van der Waals surface area contributed by atoms with Crippen LogP contribution in [0.5, 0.6) is 0 Å². The summed E-state index contributed by atoms with van der Waals surface area (Å²) in [6.07, 6.45) is 8.37. The predicted molar refractivity (Wildman–Crippen MR) is 91.5 cm³/mol. The lowest BCUT2D eigenvalue weighted by Crippen LogP contribution is -2.20. The van der Waals surface area contributed by atoms with Crippen LogP contribution in [0.1, 0.15) is 49.0 Å². The summed E-state index contributed by atoms with van der Waals surface area (Å²) in [6.45, 7) is 0. The average molecular weight is 346 g/mol. The Labute approximate surface area is 144 Å². The predicted octanol–water partition coefficient (Wildman–Crippen LogP) is 4.14. The van der Waals surface area contributed by atoms with Gasteiger partial charge in [-0.05, 0) is 25.0 Å². The Balaban J connectivity index is 1.67. The third kappa shape index (κ3) is 4.71. The summed E-state index contributed by atoms with van der Waals surface area (Å²) in [5, 5.41) is 5.86. The molecule has 7 heteroatoms. The largest absolute Gasteiger partial charge is 0.367 e. The minimum Gasteiger partial charge on any atom is -0.367 e. The van der Waals surface area contributed by atoms with Crippen LogP contribution in [0.15, 0.2) is 30.6 Å². The van der Waals surface area contributed by atoms with E-state index in [-0.39, 0.29) is 11.4 Å². The van der Waals surface area contributed by atoms with Crippen molar-refractivity contribution in [3.05, 3.63) is 47.9 Å². The number of carbonyl (C=O) groups is 1. The molecule has 5 nitrogen and oxygen atoms in total. The van der Waals surface area contributed by atoms with Crippen LogP contribution in [0, 0.1) is 11.6 Å². The van der Waals surface area contributed by atoms with Gasteiger partial charge in [0.1, 0.15) is 17.8 Å². The minimum absolute atomic E-state index is 0.163. The topological polar surface area (TPSA) is 66.9 Å². The third-order valence-corrected chi connectivity index (χ3v) is 4.28. The zero-order valence-corrected chi connectivity index (χ0v) is 13.8. The van der Waals surface area contributed by atoms with Gasteiger partial charge in [-0.1, -0.05) is 25.7 Å². The number of nitrogens with zero attached hydrogens (tertiary/aromatic N) is 2. The molecule has 0 saturated heterocycles. The molecule has 1 fully saturated rings. The number of rotatable bonds is 4. The first-order valence-corrected chi connectivity index (χ1v) is 8.47. The van der Waals surface area contributed by atoms with Crippen LogP contribution in [0.4, 0.5) is 20.3 Å². The molecule has 1 saturated carbocycles. The molecule has 0 radical (unpaired) electrons. The summed E-state index contributed by atoms with van der Waals surface area (Å²) in [5.74, 6) is -1.89. The summed E-state index contributed by atoms with van der Waals surface area (Å²) in [6, 6.07) is 5.10. The number of carbonyl (C=O) groups excluding carboxylic acids is 1. The summed E-state index contributed by atoms with van der Waals surface area (Å²) in [4.78, 5) is 20.4. The van der Waals surface area contributed by atoms with E-state index in [1.165, 1.54) is 38.1 Å². The molecular formula is C18H20F2N4O. The fourth-order valence-corrected chi connectivity index (χ4v) is 2.96. The van der Waals surface area contributed by atoms with E-state index >= 15 is 0 Å². The van der Waals surface area contributed by atoms with Gasteiger partial charge in [-0.25, -0.2) is 18.7 Å². The van der Waals surface area contributed by atoms with E-state index in [4.69, 9.17) is 0 Å². The van der Waals surface area contributed by atoms with Crippen molar-refractivity contribution in [2.24, 2.45) is 0 Å². The Bertz CT molecular complexity index is 746. The van der Waals surface area contributed by atoms with Crippen molar-refractivity contribution < 1.29 is 13.6 Å². The number of nitrogens with one attached hydrogen (secondary N) is 2. The maximum Gasteiger partial charge on any atom is 0.274 e. The van der Waals surface area contributed by atoms with Crippen LogP contribution in [0.25, 0.3) is 0 Å². The summed E-state index contributed by atoms with van der Waals surface area (Å²) >= 11 is 0. The van der Waals surface area contributed by atoms with E-state index in [0.29, 0.717) is 11.9 Å². The molecule has 1 aliphatic rings. The number of hydrogen-bond donors (Lipinski definition) is 2. The number of anilines is 2. The quantitative estimate of drug-likeness (QED) is 0.817. The van der Waals surface area contributed by atoms with E-state index in [1.54, 1.807) is 6.07 Å². The number of hydrogen-bond acceptors (Lipinski definition) is 4. The van der Waals surface area contributed by atoms with Crippen molar-refractivity contribution in [2.45, 2.75) is 44.6 Å². The summed E-state index contributed by atoms with van der Waals surface area (Å²) in [5.41, 5.74) is 0.330. The SMILES string of the molecule is O=C(Nc1ccc(F)c(F)c1)c1cc(NC2CCCCCC2)ncn1. The van der Waals surface area contributed by atoms with Crippen LogP contribution in [-0.2, 0) is 0 Å². The van der Waals surface area contributed by atoms with Crippen LogP contribution in [0.2, 0.25) is 0 Å². The highest BCUT2D eigenvalue weighted by molar-refractivity contribution is 6.03. The molecule has 2 N–H and O–H groups in total. The number of halogens is 2. The van der Waals surface area contributed by atoms with Gasteiger partial charge in [-0.2, -0.15) is 0 Å². The van der Waals surface area contributed by atoms with Crippen molar-refractivity contribution in [3.8, 4) is 0 Å². The normalized spacial score (nSPS) is 15.4. The minimum atomic E-state index is -1.02. The van der Waals surface area contributed by atoms with Gasteiger partial charge in [-0.15, -0.1) is 0 Å². The smallest absolute Gasteiger partial charge is 0.274 e. The summed E-state index contributed by atoms with van der Waals surface area (Å²) in [7, 11) is 0. The molecule has 1 amide bonds. The van der Waals surface area contributed by atoms with E-state index in [0.717, 1.165) is 25.0 Å². The first-order valence-electron chi connectivity index (χ1n) is 8.47. The average Bonchev–Trinajstić information content (AvgIpc) is 2.87.